The summed E-state index contributed by atoms with van der Waals surface area (Å²) in [6, 6.07) is 1.17. The molecule has 0 aromatic heterocycles. The van der Waals surface area contributed by atoms with Gasteiger partial charge < -0.3 is 10.4 Å². The van der Waals surface area contributed by atoms with Crippen LogP contribution in [0.25, 0.3) is 0 Å². The van der Waals surface area contributed by atoms with E-state index in [1.807, 2.05) is 20.8 Å². The van der Waals surface area contributed by atoms with E-state index in [-0.39, 0.29) is 18.4 Å². The summed E-state index contributed by atoms with van der Waals surface area (Å²) in [5.74, 6) is -5.37. The quantitative estimate of drug-likeness (QED) is 0.837. The van der Waals surface area contributed by atoms with Crippen LogP contribution >= 0.6 is 0 Å². The molecule has 1 aromatic rings. The third kappa shape index (κ3) is 3.72. The minimum Gasteiger partial charge on any atom is -0.396 e. The van der Waals surface area contributed by atoms with E-state index < -0.39 is 35.0 Å². The van der Waals surface area contributed by atoms with Crippen molar-refractivity contribution in [1.82, 2.24) is 5.32 Å². The van der Waals surface area contributed by atoms with Crippen LogP contribution in [0.15, 0.2) is 12.1 Å². The molecule has 0 saturated heterocycles. The number of benzene rings is 1. The fraction of sp³-hybridized carbons (Fsp3) is 0.500. The van der Waals surface area contributed by atoms with Crippen molar-refractivity contribution in [2.75, 3.05) is 6.61 Å². The lowest BCUT2D eigenvalue weighted by atomic mass is 9.84. The number of hydrogen-bond donors (Lipinski definition) is 2. The number of hydrogen-bond acceptors (Lipinski definition) is 2. The molecule has 0 spiro atoms. The molecule has 0 bridgehead atoms. The molecule has 1 aromatic carbocycles. The Morgan fingerprint density at radius 3 is 2.35 bits per heavy atom. The lowest BCUT2D eigenvalue weighted by Gasteiger charge is -2.31. The number of halogens is 3. The Morgan fingerprint density at radius 1 is 1.25 bits per heavy atom. The van der Waals surface area contributed by atoms with Gasteiger partial charge >= 0.3 is 0 Å². The Balaban J connectivity index is 2.98. The molecule has 3 nitrogen and oxygen atoms in total. The third-order valence-corrected chi connectivity index (χ3v) is 3.05. The molecule has 1 unspecified atom stereocenters. The lowest BCUT2D eigenvalue weighted by Crippen LogP contribution is -2.44. The summed E-state index contributed by atoms with van der Waals surface area (Å²) >= 11 is 0. The number of carbonyl (C=O) groups is 1. The predicted octanol–water partition coefficient (Wildman–Crippen LogP) is 2.63. The molecule has 20 heavy (non-hydrogen) atoms. The van der Waals surface area contributed by atoms with Gasteiger partial charge in [-0.05, 0) is 24.0 Å². The van der Waals surface area contributed by atoms with Gasteiger partial charge in [-0.2, -0.15) is 0 Å². The maximum Gasteiger partial charge on any atom is 0.254 e. The van der Waals surface area contributed by atoms with Crippen molar-refractivity contribution in [3.8, 4) is 0 Å². The first kappa shape index (κ1) is 16.5. The smallest absolute Gasteiger partial charge is 0.254 e. The van der Waals surface area contributed by atoms with Crippen molar-refractivity contribution < 1.29 is 23.1 Å². The normalized spacial score (nSPS) is 13.2. The third-order valence-electron chi connectivity index (χ3n) is 3.05. The zero-order chi connectivity index (χ0) is 15.5. The van der Waals surface area contributed by atoms with Crippen LogP contribution in [0.4, 0.5) is 13.2 Å². The first-order valence-electron chi connectivity index (χ1n) is 6.23. The second-order valence-electron chi connectivity index (χ2n) is 5.63. The van der Waals surface area contributed by atoms with Crippen LogP contribution < -0.4 is 5.32 Å². The van der Waals surface area contributed by atoms with Gasteiger partial charge in [-0.3, -0.25) is 4.79 Å². The van der Waals surface area contributed by atoms with Crippen LogP contribution in [-0.4, -0.2) is 23.7 Å². The molecule has 2 N–H and O–H groups in total. The predicted molar refractivity (Wildman–Crippen MR) is 68.7 cm³/mol. The summed E-state index contributed by atoms with van der Waals surface area (Å²) in [5.41, 5.74) is -0.927. The second kappa shape index (κ2) is 6.26. The highest BCUT2D eigenvalue weighted by Crippen LogP contribution is 2.23. The van der Waals surface area contributed by atoms with Crippen molar-refractivity contribution in [1.29, 1.82) is 0 Å². The van der Waals surface area contributed by atoms with E-state index in [0.717, 1.165) is 6.07 Å². The van der Waals surface area contributed by atoms with Crippen LogP contribution in [0.1, 0.15) is 37.6 Å². The van der Waals surface area contributed by atoms with E-state index in [1.54, 1.807) is 0 Å². The first-order chi connectivity index (χ1) is 9.18. The molecule has 112 valence electrons. The molecule has 0 heterocycles. The van der Waals surface area contributed by atoms with Crippen LogP contribution in [-0.2, 0) is 0 Å². The van der Waals surface area contributed by atoms with E-state index in [9.17, 15) is 18.0 Å². The molecule has 1 amide bonds. The topological polar surface area (TPSA) is 49.3 Å². The zero-order valence-electron chi connectivity index (χ0n) is 11.6. The minimum atomic E-state index is -1.67. The molecule has 0 aliphatic carbocycles. The van der Waals surface area contributed by atoms with Gasteiger partial charge in [0.05, 0.1) is 5.56 Å². The van der Waals surface area contributed by atoms with Gasteiger partial charge in [0.2, 0.25) is 0 Å². The average molecular weight is 289 g/mol. The maximum atomic E-state index is 13.5. The van der Waals surface area contributed by atoms with Crippen LogP contribution in [0, 0.1) is 22.9 Å². The highest BCUT2D eigenvalue weighted by molar-refractivity contribution is 5.94. The summed E-state index contributed by atoms with van der Waals surface area (Å²) in [5, 5.41) is 11.5. The van der Waals surface area contributed by atoms with Crippen molar-refractivity contribution >= 4 is 5.91 Å². The van der Waals surface area contributed by atoms with Crippen molar-refractivity contribution in [3.05, 3.63) is 35.1 Å². The van der Waals surface area contributed by atoms with Gasteiger partial charge in [0.1, 0.15) is 0 Å². The molecule has 0 aliphatic heterocycles. The molecular formula is C14H18F3NO2. The molecule has 0 saturated carbocycles. The van der Waals surface area contributed by atoms with Gasteiger partial charge in [-0.25, -0.2) is 13.2 Å². The summed E-state index contributed by atoms with van der Waals surface area (Å²) in [7, 11) is 0. The summed E-state index contributed by atoms with van der Waals surface area (Å²) in [4.78, 5) is 11.9. The summed E-state index contributed by atoms with van der Waals surface area (Å²) in [6.45, 7) is 5.38. The van der Waals surface area contributed by atoms with Crippen molar-refractivity contribution in [3.63, 3.8) is 0 Å². The Morgan fingerprint density at radius 2 is 1.85 bits per heavy atom. The van der Waals surface area contributed by atoms with Gasteiger partial charge in [-0.1, -0.05) is 20.8 Å². The SMILES string of the molecule is CC(C)(C)C(CCO)NC(=O)c1ccc(F)c(F)c1F. The number of rotatable bonds is 4. The largest absolute Gasteiger partial charge is 0.396 e. The minimum absolute atomic E-state index is 0.150. The Bertz CT molecular complexity index is 498. The maximum absolute atomic E-state index is 13.5. The lowest BCUT2D eigenvalue weighted by molar-refractivity contribution is 0.0880. The molecule has 6 heteroatoms. The highest BCUT2D eigenvalue weighted by Gasteiger charge is 2.27. The molecule has 0 aliphatic rings. The number of amides is 1. The van der Waals surface area contributed by atoms with Crippen molar-refractivity contribution in [2.24, 2.45) is 5.41 Å². The Kier molecular flexibility index (Phi) is 5.16. The van der Waals surface area contributed by atoms with Crippen LogP contribution in [0.5, 0.6) is 0 Å². The fourth-order valence-corrected chi connectivity index (χ4v) is 1.79. The summed E-state index contributed by atoms with van der Waals surface area (Å²) < 4.78 is 39.4. The molecule has 1 atom stereocenters. The fourth-order valence-electron chi connectivity index (χ4n) is 1.79. The van der Waals surface area contributed by atoms with Crippen LogP contribution in [0.3, 0.4) is 0 Å². The summed E-state index contributed by atoms with van der Waals surface area (Å²) in [6.07, 6.45) is 0.278. The van der Waals surface area contributed by atoms with E-state index in [1.165, 1.54) is 0 Å². The molecule has 1 rings (SSSR count). The van der Waals surface area contributed by atoms with Gasteiger partial charge in [0.15, 0.2) is 17.5 Å². The Labute approximate surface area is 115 Å². The number of aliphatic hydroxyl groups excluding tert-OH is 1. The van der Waals surface area contributed by atoms with Gasteiger partial charge in [0.25, 0.3) is 5.91 Å². The Hall–Kier alpha value is -1.56. The monoisotopic (exact) mass is 289 g/mol. The van der Waals surface area contributed by atoms with Crippen LogP contribution in [0.2, 0.25) is 0 Å². The highest BCUT2D eigenvalue weighted by atomic mass is 19.2. The van der Waals surface area contributed by atoms with Gasteiger partial charge in [-0.15, -0.1) is 0 Å². The van der Waals surface area contributed by atoms with Gasteiger partial charge in [0, 0.05) is 12.6 Å². The molecular weight excluding hydrogens is 271 g/mol. The first-order valence-corrected chi connectivity index (χ1v) is 6.23. The number of carbonyl (C=O) groups excluding carboxylic acids is 1. The zero-order valence-corrected chi connectivity index (χ0v) is 11.6. The number of aliphatic hydroxyl groups is 1. The van der Waals surface area contributed by atoms with E-state index in [2.05, 4.69) is 5.32 Å². The van der Waals surface area contributed by atoms with E-state index >= 15 is 0 Å². The molecule has 0 fully saturated rings. The standard InChI is InChI=1S/C14H18F3NO2/c1-14(2,3)10(6-7-19)18-13(20)8-4-5-9(15)12(17)11(8)16/h4-5,10,19H,6-7H2,1-3H3,(H,18,20). The number of nitrogens with one attached hydrogen (secondary N) is 1. The average Bonchev–Trinajstić information content (AvgIpc) is 2.34. The van der Waals surface area contributed by atoms with Crippen molar-refractivity contribution in [2.45, 2.75) is 33.2 Å². The van der Waals surface area contributed by atoms with E-state index in [4.69, 9.17) is 5.11 Å². The second-order valence-corrected chi connectivity index (χ2v) is 5.63. The molecule has 0 radical (unpaired) electrons. The van der Waals surface area contributed by atoms with E-state index in [0.29, 0.717) is 6.07 Å².